The van der Waals surface area contributed by atoms with Crippen molar-refractivity contribution in [3.8, 4) is 5.69 Å². The highest BCUT2D eigenvalue weighted by Gasteiger charge is 2.36. The minimum Gasteiger partial charge on any atom is -0.366 e. The topological polar surface area (TPSA) is 72.9 Å². The maximum Gasteiger partial charge on any atom is 0.250 e. The van der Waals surface area contributed by atoms with E-state index in [1.807, 2.05) is 0 Å². The van der Waals surface area contributed by atoms with Crippen molar-refractivity contribution in [3.63, 3.8) is 0 Å². The van der Waals surface area contributed by atoms with Gasteiger partial charge < -0.3 is 11.1 Å². The molecule has 2 heterocycles. The summed E-state index contributed by atoms with van der Waals surface area (Å²) in [5, 5.41) is 8.04. The van der Waals surface area contributed by atoms with Crippen molar-refractivity contribution in [1.82, 2.24) is 15.1 Å². The average molecular weight is 356 g/mol. The van der Waals surface area contributed by atoms with Gasteiger partial charge in [0, 0.05) is 23.7 Å². The molecule has 7 heteroatoms. The number of primary amides is 1. The molecule has 1 atom stereocenters. The van der Waals surface area contributed by atoms with E-state index in [9.17, 15) is 9.18 Å². The summed E-state index contributed by atoms with van der Waals surface area (Å²) in [6.45, 7) is 0.852. The summed E-state index contributed by atoms with van der Waals surface area (Å²) in [6, 6.07) is 9.46. The summed E-state index contributed by atoms with van der Waals surface area (Å²) in [7, 11) is 0. The number of nitrogens with one attached hydrogen (secondary N) is 1. The first-order valence-corrected chi connectivity index (χ1v) is 8.46. The molecule has 4 rings (SSSR count). The van der Waals surface area contributed by atoms with Crippen molar-refractivity contribution in [2.24, 2.45) is 5.73 Å². The molecule has 0 aliphatic carbocycles. The summed E-state index contributed by atoms with van der Waals surface area (Å²) >= 11 is 0. The largest absolute Gasteiger partial charge is 0.366 e. The number of rotatable bonds is 3. The van der Waals surface area contributed by atoms with Gasteiger partial charge in [0.1, 0.15) is 11.3 Å². The molecule has 26 heavy (non-hydrogen) atoms. The number of aromatic nitrogens is 2. The van der Waals surface area contributed by atoms with E-state index in [4.69, 9.17) is 5.73 Å². The molecule has 1 aromatic heterocycles. The second-order valence-corrected chi connectivity index (χ2v) is 6.59. The van der Waals surface area contributed by atoms with Crippen LogP contribution in [0.5, 0.6) is 0 Å². The molecule has 0 radical (unpaired) electrons. The van der Waals surface area contributed by atoms with Crippen molar-refractivity contribution < 1.29 is 13.6 Å². The van der Waals surface area contributed by atoms with E-state index in [0.717, 1.165) is 6.54 Å². The number of halogens is 2. The second-order valence-electron chi connectivity index (χ2n) is 6.59. The number of nitrogens with zero attached hydrogens (tertiary/aromatic N) is 2. The Hall–Kier alpha value is -2.80. The number of amides is 1. The Morgan fingerprint density at radius 3 is 2.85 bits per heavy atom. The number of carbonyl (C=O) groups is 1. The molecule has 0 unspecified atom stereocenters. The van der Waals surface area contributed by atoms with Crippen molar-refractivity contribution >= 4 is 16.8 Å². The molecule has 1 saturated heterocycles. The first kappa shape index (κ1) is 16.7. The van der Waals surface area contributed by atoms with E-state index in [-0.39, 0.29) is 12.1 Å². The number of hydrogen-bond acceptors (Lipinski definition) is 3. The summed E-state index contributed by atoms with van der Waals surface area (Å²) < 4.78 is 31.1. The number of hydrogen-bond donors (Lipinski definition) is 2. The molecule has 1 aliphatic rings. The highest BCUT2D eigenvalue weighted by atomic mass is 19.1. The van der Waals surface area contributed by atoms with Crippen molar-refractivity contribution in [2.45, 2.75) is 18.5 Å². The van der Waals surface area contributed by atoms with Crippen LogP contribution in [0.15, 0.2) is 42.6 Å². The van der Waals surface area contributed by atoms with Crippen LogP contribution in [0, 0.1) is 5.82 Å². The van der Waals surface area contributed by atoms with Gasteiger partial charge in [-0.3, -0.25) is 4.79 Å². The van der Waals surface area contributed by atoms with Gasteiger partial charge in [-0.25, -0.2) is 13.5 Å². The van der Waals surface area contributed by atoms with E-state index >= 15 is 4.39 Å². The van der Waals surface area contributed by atoms with Crippen molar-refractivity contribution in [3.05, 3.63) is 59.5 Å². The summed E-state index contributed by atoms with van der Waals surface area (Å²) in [4.78, 5) is 11.5. The molecule has 0 spiro atoms. The number of fused-ring (bicyclic) bond motifs is 1. The van der Waals surface area contributed by atoms with Gasteiger partial charge in [0.25, 0.3) is 5.91 Å². The van der Waals surface area contributed by atoms with E-state index < -0.39 is 17.4 Å². The van der Waals surface area contributed by atoms with Crippen LogP contribution in [0.4, 0.5) is 8.78 Å². The van der Waals surface area contributed by atoms with Gasteiger partial charge in [-0.05, 0) is 37.6 Å². The monoisotopic (exact) mass is 356 g/mol. The molecule has 1 fully saturated rings. The first-order valence-electron chi connectivity index (χ1n) is 8.46. The van der Waals surface area contributed by atoms with Crippen LogP contribution >= 0.6 is 0 Å². The zero-order valence-electron chi connectivity index (χ0n) is 14.0. The molecule has 134 valence electrons. The van der Waals surface area contributed by atoms with Crippen LogP contribution in [0.1, 0.15) is 28.8 Å². The van der Waals surface area contributed by atoms with E-state index in [2.05, 4.69) is 10.4 Å². The standard InChI is InChI=1S/C19H18F2N4O/c20-16-9-13(5-6-15(16)19(21)7-2-8-23-11-19)25-10-12-3-1-4-14(18(22)26)17(12)24-25/h1,3-6,9-10,23H,2,7-8,11H2,(H2,22,26)/t19-/m0/s1. The van der Waals surface area contributed by atoms with Crippen LogP contribution < -0.4 is 11.1 Å². The highest BCUT2D eigenvalue weighted by molar-refractivity contribution is 6.04. The zero-order chi connectivity index (χ0) is 18.3. The lowest BCUT2D eigenvalue weighted by molar-refractivity contribution is 0.100. The third-order valence-corrected chi connectivity index (χ3v) is 4.83. The lowest BCUT2D eigenvalue weighted by atomic mass is 9.88. The second kappa shape index (κ2) is 6.17. The molecular weight excluding hydrogens is 338 g/mol. The van der Waals surface area contributed by atoms with Gasteiger partial charge in [0.2, 0.25) is 0 Å². The van der Waals surface area contributed by atoms with Gasteiger partial charge in [-0.15, -0.1) is 0 Å². The fourth-order valence-corrected chi connectivity index (χ4v) is 3.48. The lowest BCUT2D eigenvalue weighted by Gasteiger charge is -2.30. The van der Waals surface area contributed by atoms with E-state index in [0.29, 0.717) is 35.0 Å². The predicted octanol–water partition coefficient (Wildman–Crippen LogP) is 2.81. The first-order chi connectivity index (χ1) is 12.5. The fourth-order valence-electron chi connectivity index (χ4n) is 3.48. The van der Waals surface area contributed by atoms with Gasteiger partial charge in [0.05, 0.1) is 11.3 Å². The minimum atomic E-state index is -1.70. The Balaban J connectivity index is 1.75. The fraction of sp³-hybridized carbons (Fsp3) is 0.263. The SMILES string of the molecule is NC(=O)c1cccc2cn(-c3ccc([C@]4(F)CCCNC4)c(F)c3)nc12. The Morgan fingerprint density at radius 2 is 2.15 bits per heavy atom. The average Bonchev–Trinajstić information content (AvgIpc) is 3.06. The van der Waals surface area contributed by atoms with Gasteiger partial charge in [-0.2, -0.15) is 5.10 Å². The van der Waals surface area contributed by atoms with Crippen LogP contribution in [0.25, 0.3) is 16.6 Å². The Morgan fingerprint density at radius 1 is 1.31 bits per heavy atom. The molecule has 0 saturated carbocycles. The molecule has 3 N–H and O–H groups in total. The van der Waals surface area contributed by atoms with E-state index in [1.54, 1.807) is 30.5 Å². The Kier molecular flexibility index (Phi) is 3.96. The van der Waals surface area contributed by atoms with Crippen LogP contribution in [-0.4, -0.2) is 28.8 Å². The maximum atomic E-state index is 15.0. The van der Waals surface area contributed by atoms with E-state index in [1.165, 1.54) is 16.8 Å². The molecule has 1 amide bonds. The third-order valence-electron chi connectivity index (χ3n) is 4.83. The number of alkyl halides is 1. The zero-order valence-corrected chi connectivity index (χ0v) is 14.0. The normalized spacial score (nSPS) is 20.4. The summed E-state index contributed by atoms with van der Waals surface area (Å²) in [6.07, 6.45) is 2.64. The Labute approximate surface area is 148 Å². The summed E-state index contributed by atoms with van der Waals surface area (Å²) in [5.41, 5.74) is 4.93. The number of benzene rings is 2. The van der Waals surface area contributed by atoms with Gasteiger partial charge >= 0.3 is 0 Å². The number of nitrogens with two attached hydrogens (primary N) is 1. The van der Waals surface area contributed by atoms with Crippen LogP contribution in [0.3, 0.4) is 0 Å². The third kappa shape index (κ3) is 2.74. The van der Waals surface area contributed by atoms with Crippen molar-refractivity contribution in [2.75, 3.05) is 13.1 Å². The quantitative estimate of drug-likeness (QED) is 0.758. The van der Waals surface area contributed by atoms with Crippen LogP contribution in [-0.2, 0) is 5.67 Å². The lowest BCUT2D eigenvalue weighted by Crippen LogP contribution is -2.40. The predicted molar refractivity (Wildman–Crippen MR) is 94.4 cm³/mol. The van der Waals surface area contributed by atoms with Crippen molar-refractivity contribution in [1.29, 1.82) is 0 Å². The Bertz CT molecular complexity index is 992. The van der Waals surface area contributed by atoms with Crippen LogP contribution in [0.2, 0.25) is 0 Å². The molecule has 1 aliphatic heterocycles. The minimum absolute atomic E-state index is 0.0583. The number of piperidine rings is 1. The molecular formula is C19H18F2N4O. The van der Waals surface area contributed by atoms with Gasteiger partial charge in [-0.1, -0.05) is 18.2 Å². The highest BCUT2D eigenvalue weighted by Crippen LogP contribution is 2.35. The van der Waals surface area contributed by atoms with Gasteiger partial charge in [0.15, 0.2) is 5.67 Å². The smallest absolute Gasteiger partial charge is 0.250 e. The molecule has 0 bridgehead atoms. The molecule has 5 nitrogen and oxygen atoms in total. The molecule has 3 aromatic rings. The number of carbonyl (C=O) groups excluding carboxylic acids is 1. The maximum absolute atomic E-state index is 15.0. The molecule has 2 aromatic carbocycles. The summed E-state index contributed by atoms with van der Waals surface area (Å²) in [5.74, 6) is -1.19.